The highest BCUT2D eigenvalue weighted by Gasteiger charge is 2.27. The van der Waals surface area contributed by atoms with Crippen molar-refractivity contribution in [3.05, 3.63) is 18.1 Å². The summed E-state index contributed by atoms with van der Waals surface area (Å²) in [5.41, 5.74) is 0. The largest absolute Gasteiger partial charge is 0.352 e. The number of hydrogen-bond donors (Lipinski definition) is 0. The first-order chi connectivity index (χ1) is 9.33. The van der Waals surface area contributed by atoms with Crippen LogP contribution in [-0.4, -0.2) is 47.1 Å². The second-order valence-corrected chi connectivity index (χ2v) is 5.81. The molecule has 1 atom stereocenters. The lowest BCUT2D eigenvalue weighted by Gasteiger charge is -2.33. The van der Waals surface area contributed by atoms with Gasteiger partial charge in [-0.2, -0.15) is 0 Å². The Morgan fingerprint density at radius 2 is 2.00 bits per heavy atom. The molecule has 2 aliphatic heterocycles. The summed E-state index contributed by atoms with van der Waals surface area (Å²) in [5, 5.41) is 0. The van der Waals surface area contributed by atoms with E-state index >= 15 is 0 Å². The summed E-state index contributed by atoms with van der Waals surface area (Å²) < 4.78 is 0. The standard InChI is InChI=1S/C15H24N4/c1-13-16-8-7-15(17-13)19-11-5-6-14(19)12-18-9-3-2-4-10-18/h7-8,14H,2-6,9-12H2,1H3/t14-/m0/s1. The summed E-state index contributed by atoms with van der Waals surface area (Å²) in [4.78, 5) is 13.9. The molecule has 0 radical (unpaired) electrons. The lowest BCUT2D eigenvalue weighted by Crippen LogP contribution is -2.42. The number of likely N-dealkylation sites (tertiary alicyclic amines) is 1. The highest BCUT2D eigenvalue weighted by Crippen LogP contribution is 2.25. The van der Waals surface area contributed by atoms with E-state index < -0.39 is 0 Å². The SMILES string of the molecule is Cc1nccc(N2CCC[C@H]2CN2CCCCC2)n1. The first-order valence-electron chi connectivity index (χ1n) is 7.61. The van der Waals surface area contributed by atoms with Crippen LogP contribution in [0.2, 0.25) is 0 Å². The van der Waals surface area contributed by atoms with Gasteiger partial charge in [0.1, 0.15) is 11.6 Å². The van der Waals surface area contributed by atoms with Crippen LogP contribution in [0.25, 0.3) is 0 Å². The van der Waals surface area contributed by atoms with Gasteiger partial charge >= 0.3 is 0 Å². The Hall–Kier alpha value is -1.16. The monoisotopic (exact) mass is 260 g/mol. The molecule has 0 aliphatic carbocycles. The quantitative estimate of drug-likeness (QED) is 0.834. The van der Waals surface area contributed by atoms with Crippen LogP contribution in [-0.2, 0) is 0 Å². The van der Waals surface area contributed by atoms with Crippen LogP contribution in [0.3, 0.4) is 0 Å². The Labute approximate surface area is 115 Å². The van der Waals surface area contributed by atoms with Gasteiger partial charge in [-0.1, -0.05) is 6.42 Å². The topological polar surface area (TPSA) is 32.3 Å². The van der Waals surface area contributed by atoms with E-state index in [1.165, 1.54) is 51.7 Å². The molecule has 1 aromatic rings. The van der Waals surface area contributed by atoms with E-state index in [0.717, 1.165) is 18.2 Å². The van der Waals surface area contributed by atoms with Crippen molar-refractivity contribution in [1.82, 2.24) is 14.9 Å². The maximum Gasteiger partial charge on any atom is 0.132 e. The van der Waals surface area contributed by atoms with Crippen molar-refractivity contribution in [3.8, 4) is 0 Å². The predicted octanol–water partition coefficient (Wildman–Crippen LogP) is 2.24. The second-order valence-electron chi connectivity index (χ2n) is 5.81. The highest BCUT2D eigenvalue weighted by atomic mass is 15.3. The van der Waals surface area contributed by atoms with E-state index in [-0.39, 0.29) is 0 Å². The van der Waals surface area contributed by atoms with Gasteiger partial charge in [0, 0.05) is 25.3 Å². The van der Waals surface area contributed by atoms with Crippen molar-refractivity contribution in [3.63, 3.8) is 0 Å². The average Bonchev–Trinajstić information content (AvgIpc) is 2.88. The molecule has 0 N–H and O–H groups in total. The van der Waals surface area contributed by atoms with Gasteiger partial charge in [-0.15, -0.1) is 0 Å². The van der Waals surface area contributed by atoms with Crippen molar-refractivity contribution in [2.24, 2.45) is 0 Å². The zero-order valence-corrected chi connectivity index (χ0v) is 11.9. The number of aryl methyl sites for hydroxylation is 1. The third-order valence-electron chi connectivity index (χ3n) is 4.35. The maximum absolute atomic E-state index is 4.59. The van der Waals surface area contributed by atoms with Gasteiger partial charge < -0.3 is 9.80 Å². The van der Waals surface area contributed by atoms with Crippen molar-refractivity contribution in [2.45, 2.75) is 45.1 Å². The molecular weight excluding hydrogens is 236 g/mol. The first-order valence-corrected chi connectivity index (χ1v) is 7.61. The van der Waals surface area contributed by atoms with Gasteiger partial charge in [-0.05, 0) is 51.8 Å². The molecule has 0 spiro atoms. The fraction of sp³-hybridized carbons (Fsp3) is 0.733. The summed E-state index contributed by atoms with van der Waals surface area (Å²) in [7, 11) is 0. The normalized spacial score (nSPS) is 24.9. The Morgan fingerprint density at radius 1 is 1.16 bits per heavy atom. The molecule has 0 unspecified atom stereocenters. The molecule has 0 aromatic carbocycles. The number of hydrogen-bond acceptors (Lipinski definition) is 4. The number of anilines is 1. The van der Waals surface area contributed by atoms with E-state index in [4.69, 9.17) is 0 Å². The van der Waals surface area contributed by atoms with E-state index in [1.54, 1.807) is 0 Å². The van der Waals surface area contributed by atoms with Crippen LogP contribution in [0.1, 0.15) is 37.9 Å². The van der Waals surface area contributed by atoms with E-state index in [0.29, 0.717) is 6.04 Å². The molecule has 4 heteroatoms. The summed E-state index contributed by atoms with van der Waals surface area (Å²) in [6.45, 7) is 6.90. The Morgan fingerprint density at radius 3 is 2.79 bits per heavy atom. The third kappa shape index (κ3) is 3.06. The average molecular weight is 260 g/mol. The fourth-order valence-corrected chi connectivity index (χ4v) is 3.37. The van der Waals surface area contributed by atoms with Crippen molar-refractivity contribution in [2.75, 3.05) is 31.1 Å². The zero-order chi connectivity index (χ0) is 13.1. The van der Waals surface area contributed by atoms with Crippen molar-refractivity contribution >= 4 is 5.82 Å². The van der Waals surface area contributed by atoms with Crippen LogP contribution in [0.5, 0.6) is 0 Å². The Balaban J connectivity index is 1.67. The van der Waals surface area contributed by atoms with Crippen LogP contribution >= 0.6 is 0 Å². The number of nitrogens with zero attached hydrogens (tertiary/aromatic N) is 4. The first kappa shape index (κ1) is 12.9. The molecule has 4 nitrogen and oxygen atoms in total. The van der Waals surface area contributed by atoms with Gasteiger partial charge in [-0.3, -0.25) is 0 Å². The molecule has 0 bridgehead atoms. The minimum absolute atomic E-state index is 0.646. The molecule has 104 valence electrons. The summed E-state index contributed by atoms with van der Waals surface area (Å²) >= 11 is 0. The van der Waals surface area contributed by atoms with Crippen LogP contribution < -0.4 is 4.90 Å². The molecule has 2 saturated heterocycles. The van der Waals surface area contributed by atoms with Gasteiger partial charge in [0.15, 0.2) is 0 Å². The molecule has 2 fully saturated rings. The molecule has 1 aromatic heterocycles. The lowest BCUT2D eigenvalue weighted by atomic mass is 10.1. The smallest absolute Gasteiger partial charge is 0.132 e. The third-order valence-corrected chi connectivity index (χ3v) is 4.35. The molecule has 2 aliphatic rings. The van der Waals surface area contributed by atoms with Crippen molar-refractivity contribution < 1.29 is 0 Å². The van der Waals surface area contributed by atoms with E-state index in [2.05, 4.69) is 25.8 Å². The summed E-state index contributed by atoms with van der Waals surface area (Å²) in [6.07, 6.45) is 8.64. The van der Waals surface area contributed by atoms with Gasteiger partial charge in [0.25, 0.3) is 0 Å². The minimum atomic E-state index is 0.646. The second kappa shape index (κ2) is 5.87. The minimum Gasteiger partial charge on any atom is -0.352 e. The van der Waals surface area contributed by atoms with Crippen LogP contribution in [0.15, 0.2) is 12.3 Å². The van der Waals surface area contributed by atoms with Crippen LogP contribution in [0.4, 0.5) is 5.82 Å². The summed E-state index contributed by atoms with van der Waals surface area (Å²) in [5.74, 6) is 1.99. The van der Waals surface area contributed by atoms with Gasteiger partial charge in [0.05, 0.1) is 0 Å². The number of aromatic nitrogens is 2. The Bertz CT molecular complexity index is 414. The zero-order valence-electron chi connectivity index (χ0n) is 11.9. The van der Waals surface area contributed by atoms with Gasteiger partial charge in [0.2, 0.25) is 0 Å². The molecule has 3 rings (SSSR count). The van der Waals surface area contributed by atoms with E-state index in [9.17, 15) is 0 Å². The summed E-state index contributed by atoms with van der Waals surface area (Å²) in [6, 6.07) is 2.70. The fourth-order valence-electron chi connectivity index (χ4n) is 3.37. The predicted molar refractivity (Wildman–Crippen MR) is 77.4 cm³/mol. The molecular formula is C15H24N4. The highest BCUT2D eigenvalue weighted by molar-refractivity contribution is 5.40. The number of rotatable bonds is 3. The molecule has 19 heavy (non-hydrogen) atoms. The molecule has 0 amide bonds. The number of piperidine rings is 1. The maximum atomic E-state index is 4.59. The van der Waals surface area contributed by atoms with Crippen LogP contribution in [0, 0.1) is 6.92 Å². The lowest BCUT2D eigenvalue weighted by molar-refractivity contribution is 0.216. The van der Waals surface area contributed by atoms with Gasteiger partial charge in [-0.25, -0.2) is 9.97 Å². The molecule has 0 saturated carbocycles. The Kier molecular flexibility index (Phi) is 3.97. The van der Waals surface area contributed by atoms with E-state index in [1.807, 2.05) is 13.1 Å². The molecule has 3 heterocycles. The van der Waals surface area contributed by atoms with Crippen molar-refractivity contribution in [1.29, 1.82) is 0 Å².